The number of nitrogens with two attached hydrogens (primary N) is 1. The van der Waals surface area contributed by atoms with Gasteiger partial charge in [0.15, 0.2) is 0 Å². The molecule has 2 rings (SSSR count). The lowest BCUT2D eigenvalue weighted by Gasteiger charge is -2.14. The van der Waals surface area contributed by atoms with Crippen LogP contribution in [0.25, 0.3) is 0 Å². The van der Waals surface area contributed by atoms with E-state index in [2.05, 4.69) is 43.6 Å². The monoisotopic (exact) mass is 369 g/mol. The van der Waals surface area contributed by atoms with Crippen LogP contribution in [0.5, 0.6) is 0 Å². The van der Waals surface area contributed by atoms with Crippen LogP contribution in [0, 0.1) is 6.92 Å². The summed E-state index contributed by atoms with van der Waals surface area (Å²) in [5.41, 5.74) is 4.24. The second-order valence-electron chi connectivity index (χ2n) is 4.61. The van der Waals surface area contributed by atoms with E-state index in [1.807, 2.05) is 25.1 Å². The molecule has 2 aromatic rings. The number of hydrogen-bond acceptors (Lipinski definition) is 5. The van der Waals surface area contributed by atoms with Crippen LogP contribution in [0.15, 0.2) is 22.7 Å². The first-order valence-corrected chi connectivity index (χ1v) is 7.78. The highest BCUT2D eigenvalue weighted by Crippen LogP contribution is 2.30. The second-order valence-corrected chi connectivity index (χ2v) is 5.93. The molecule has 0 saturated heterocycles. The first kappa shape index (κ1) is 16.0. The Morgan fingerprint density at radius 2 is 2.00 bits per heavy atom. The van der Waals surface area contributed by atoms with Crippen LogP contribution >= 0.6 is 27.5 Å². The van der Waals surface area contributed by atoms with Crippen LogP contribution in [0.3, 0.4) is 0 Å². The number of nitrogen functional groups attached to an aromatic ring is 1. The molecule has 0 atom stereocenters. The van der Waals surface area contributed by atoms with E-state index in [0.717, 1.165) is 34.4 Å². The SMILES string of the molecule is CCCc1nc(NN)c(C)c(Nc2ccc(Br)cc2Cl)n1. The number of benzene rings is 1. The molecule has 0 aliphatic heterocycles. The third kappa shape index (κ3) is 3.84. The molecule has 0 bridgehead atoms. The van der Waals surface area contributed by atoms with E-state index >= 15 is 0 Å². The Balaban J connectivity index is 2.40. The van der Waals surface area contributed by atoms with Crippen LogP contribution in [-0.2, 0) is 6.42 Å². The number of aromatic nitrogens is 2. The summed E-state index contributed by atoms with van der Waals surface area (Å²) in [6.45, 7) is 3.98. The van der Waals surface area contributed by atoms with Crippen molar-refractivity contribution in [1.82, 2.24) is 9.97 Å². The van der Waals surface area contributed by atoms with Crippen molar-refractivity contribution in [2.75, 3.05) is 10.7 Å². The van der Waals surface area contributed by atoms with Gasteiger partial charge in [-0.2, -0.15) is 0 Å². The van der Waals surface area contributed by atoms with Gasteiger partial charge in [-0.1, -0.05) is 34.5 Å². The zero-order valence-corrected chi connectivity index (χ0v) is 14.2. The summed E-state index contributed by atoms with van der Waals surface area (Å²) in [5, 5.41) is 3.85. The van der Waals surface area contributed by atoms with Gasteiger partial charge in [-0.25, -0.2) is 15.8 Å². The van der Waals surface area contributed by atoms with Crippen molar-refractivity contribution in [3.8, 4) is 0 Å². The Labute approximate surface area is 137 Å². The first-order valence-electron chi connectivity index (χ1n) is 6.61. The van der Waals surface area contributed by atoms with E-state index < -0.39 is 0 Å². The van der Waals surface area contributed by atoms with Crippen LogP contribution in [0.1, 0.15) is 24.7 Å². The lowest BCUT2D eigenvalue weighted by molar-refractivity contribution is 0.833. The summed E-state index contributed by atoms with van der Waals surface area (Å²) >= 11 is 9.62. The van der Waals surface area contributed by atoms with Crippen molar-refractivity contribution in [3.05, 3.63) is 39.1 Å². The van der Waals surface area contributed by atoms with Crippen molar-refractivity contribution in [2.45, 2.75) is 26.7 Å². The molecule has 0 amide bonds. The molecule has 1 aromatic heterocycles. The maximum Gasteiger partial charge on any atom is 0.148 e. The molecular weight excluding hydrogens is 354 g/mol. The van der Waals surface area contributed by atoms with E-state index in [4.69, 9.17) is 17.4 Å². The van der Waals surface area contributed by atoms with Gasteiger partial charge < -0.3 is 10.7 Å². The summed E-state index contributed by atoms with van der Waals surface area (Å²) in [4.78, 5) is 8.93. The van der Waals surface area contributed by atoms with E-state index in [0.29, 0.717) is 16.7 Å². The molecule has 0 unspecified atom stereocenters. The largest absolute Gasteiger partial charge is 0.339 e. The minimum Gasteiger partial charge on any atom is -0.339 e. The fourth-order valence-corrected chi connectivity index (χ4v) is 2.60. The van der Waals surface area contributed by atoms with Gasteiger partial charge in [0.1, 0.15) is 17.5 Å². The lowest BCUT2D eigenvalue weighted by atomic mass is 10.2. The number of nitrogens with one attached hydrogen (secondary N) is 2. The van der Waals surface area contributed by atoms with Crippen LogP contribution < -0.4 is 16.6 Å². The predicted molar refractivity (Wildman–Crippen MR) is 91.0 cm³/mol. The molecule has 1 aromatic carbocycles. The molecule has 112 valence electrons. The lowest BCUT2D eigenvalue weighted by Crippen LogP contribution is -2.14. The topological polar surface area (TPSA) is 75.9 Å². The van der Waals surface area contributed by atoms with Crippen LogP contribution in [0.4, 0.5) is 17.3 Å². The van der Waals surface area contributed by atoms with Crippen molar-refractivity contribution < 1.29 is 0 Å². The predicted octanol–water partition coefficient (Wildman–Crippen LogP) is 4.18. The summed E-state index contributed by atoms with van der Waals surface area (Å²) in [7, 11) is 0. The van der Waals surface area contributed by atoms with Crippen molar-refractivity contribution >= 4 is 44.9 Å². The maximum absolute atomic E-state index is 6.23. The van der Waals surface area contributed by atoms with Crippen LogP contribution in [0.2, 0.25) is 5.02 Å². The number of anilines is 3. The Morgan fingerprint density at radius 1 is 1.29 bits per heavy atom. The molecule has 21 heavy (non-hydrogen) atoms. The number of hydrogen-bond donors (Lipinski definition) is 3. The molecule has 0 radical (unpaired) electrons. The summed E-state index contributed by atoms with van der Waals surface area (Å²) < 4.78 is 0.924. The van der Waals surface area contributed by atoms with Gasteiger partial charge in [-0.3, -0.25) is 0 Å². The molecule has 1 heterocycles. The van der Waals surface area contributed by atoms with Crippen molar-refractivity contribution in [2.24, 2.45) is 5.84 Å². The molecule has 0 aliphatic rings. The molecule has 0 aliphatic carbocycles. The van der Waals surface area contributed by atoms with E-state index in [1.165, 1.54) is 0 Å². The van der Waals surface area contributed by atoms with Gasteiger partial charge >= 0.3 is 0 Å². The van der Waals surface area contributed by atoms with Crippen molar-refractivity contribution in [1.29, 1.82) is 0 Å². The van der Waals surface area contributed by atoms with Crippen LogP contribution in [-0.4, -0.2) is 9.97 Å². The van der Waals surface area contributed by atoms with E-state index in [1.54, 1.807) is 0 Å². The fourth-order valence-electron chi connectivity index (χ4n) is 1.88. The number of hydrazine groups is 1. The molecule has 7 heteroatoms. The zero-order valence-electron chi connectivity index (χ0n) is 11.9. The molecule has 0 fully saturated rings. The molecule has 0 spiro atoms. The van der Waals surface area contributed by atoms with Gasteiger partial charge in [0, 0.05) is 16.5 Å². The quantitative estimate of drug-likeness (QED) is 0.543. The minimum atomic E-state index is 0.613. The second kappa shape index (κ2) is 7.06. The highest BCUT2D eigenvalue weighted by molar-refractivity contribution is 9.10. The first-order chi connectivity index (χ1) is 10.0. The number of aryl methyl sites for hydroxylation is 1. The highest BCUT2D eigenvalue weighted by Gasteiger charge is 2.11. The van der Waals surface area contributed by atoms with E-state index in [-0.39, 0.29) is 0 Å². The Bertz CT molecular complexity index is 648. The normalized spacial score (nSPS) is 10.5. The smallest absolute Gasteiger partial charge is 0.148 e. The summed E-state index contributed by atoms with van der Waals surface area (Å²) in [6.07, 6.45) is 1.75. The van der Waals surface area contributed by atoms with Gasteiger partial charge in [0.2, 0.25) is 0 Å². The third-order valence-electron chi connectivity index (χ3n) is 2.99. The van der Waals surface area contributed by atoms with Gasteiger partial charge in [0.25, 0.3) is 0 Å². The standard InChI is InChI=1S/C14H17BrClN5/c1-3-4-12-19-13(8(2)14(20-12)21-17)18-11-6-5-9(15)7-10(11)16/h5-7H,3-4,17H2,1-2H3,(H2,18,19,20,21). The Kier molecular flexibility index (Phi) is 5.39. The maximum atomic E-state index is 6.23. The number of nitrogens with zero attached hydrogens (tertiary/aromatic N) is 2. The molecule has 5 nitrogen and oxygen atoms in total. The van der Waals surface area contributed by atoms with Gasteiger partial charge in [-0.15, -0.1) is 0 Å². The number of halogens is 2. The van der Waals surface area contributed by atoms with Gasteiger partial charge in [0.05, 0.1) is 10.7 Å². The average Bonchev–Trinajstić information content (AvgIpc) is 2.45. The highest BCUT2D eigenvalue weighted by atomic mass is 79.9. The molecule has 0 saturated carbocycles. The van der Waals surface area contributed by atoms with Crippen molar-refractivity contribution in [3.63, 3.8) is 0 Å². The summed E-state index contributed by atoms with van der Waals surface area (Å²) in [6, 6.07) is 5.64. The fraction of sp³-hybridized carbons (Fsp3) is 0.286. The molecule has 4 N–H and O–H groups in total. The zero-order chi connectivity index (χ0) is 15.4. The molecular formula is C14H17BrClN5. The Hall–Kier alpha value is -1.37. The van der Waals surface area contributed by atoms with Gasteiger partial charge in [-0.05, 0) is 31.5 Å². The van der Waals surface area contributed by atoms with E-state index in [9.17, 15) is 0 Å². The Morgan fingerprint density at radius 3 is 2.62 bits per heavy atom. The minimum absolute atomic E-state index is 0.613. The summed E-state index contributed by atoms with van der Waals surface area (Å²) in [5.74, 6) is 7.58. The number of rotatable bonds is 5. The third-order valence-corrected chi connectivity index (χ3v) is 3.79. The average molecular weight is 371 g/mol.